The van der Waals surface area contributed by atoms with Gasteiger partial charge in [-0.2, -0.15) is 4.98 Å². The van der Waals surface area contributed by atoms with Gasteiger partial charge in [0.25, 0.3) is 0 Å². The number of nitrogens with zero attached hydrogens (tertiary/aromatic N) is 2. The normalized spacial score (nSPS) is 10.3. The molecule has 3 rings (SSSR count). The molecule has 3 aromatic rings. The van der Waals surface area contributed by atoms with Crippen molar-refractivity contribution in [2.75, 3.05) is 16.0 Å². The van der Waals surface area contributed by atoms with Crippen LogP contribution >= 0.6 is 11.6 Å². The second-order valence-corrected chi connectivity index (χ2v) is 6.82. The van der Waals surface area contributed by atoms with E-state index < -0.39 is 17.6 Å². The fraction of sp³-hybridized carbons (Fsp3) is 0.0476. The second kappa shape index (κ2) is 9.23. The highest BCUT2D eigenvalue weighted by atomic mass is 35.5. The van der Waals surface area contributed by atoms with Gasteiger partial charge < -0.3 is 21.7 Å². The number of anilines is 5. The van der Waals surface area contributed by atoms with Crippen molar-refractivity contribution < 1.29 is 14.0 Å². The van der Waals surface area contributed by atoms with Crippen LogP contribution in [0.15, 0.2) is 55.3 Å². The first-order chi connectivity index (χ1) is 14.8. The summed E-state index contributed by atoms with van der Waals surface area (Å²) in [5.74, 6) is -1.20. The lowest BCUT2D eigenvalue weighted by molar-refractivity contribution is -0.111. The third kappa shape index (κ3) is 5.34. The minimum Gasteiger partial charge on any atom is -0.366 e. The van der Waals surface area contributed by atoms with Gasteiger partial charge in [-0.3, -0.25) is 9.59 Å². The first-order valence-electron chi connectivity index (χ1n) is 8.97. The van der Waals surface area contributed by atoms with Crippen LogP contribution in [0.25, 0.3) is 0 Å². The van der Waals surface area contributed by atoms with Gasteiger partial charge in [0.05, 0.1) is 17.6 Å². The largest absolute Gasteiger partial charge is 0.366 e. The number of nitrogens with two attached hydrogens (primary N) is 1. The molecular weight excluding hydrogens is 423 g/mol. The number of rotatable bonds is 7. The van der Waals surface area contributed by atoms with Crippen molar-refractivity contribution in [1.29, 1.82) is 0 Å². The minimum atomic E-state index is -0.562. The summed E-state index contributed by atoms with van der Waals surface area (Å²) in [6.45, 7) is 5.22. The van der Waals surface area contributed by atoms with E-state index in [0.29, 0.717) is 16.9 Å². The van der Waals surface area contributed by atoms with E-state index in [1.165, 1.54) is 18.3 Å². The number of aromatic nitrogens is 2. The predicted molar refractivity (Wildman–Crippen MR) is 119 cm³/mol. The molecule has 158 valence electrons. The lowest BCUT2D eigenvalue weighted by atomic mass is 10.1. The maximum absolute atomic E-state index is 13.7. The number of carbonyl (C=O) groups is 2. The summed E-state index contributed by atoms with van der Waals surface area (Å²) in [4.78, 5) is 31.6. The molecule has 1 aromatic heterocycles. The molecule has 0 fully saturated rings. The molecule has 0 atom stereocenters. The van der Waals surface area contributed by atoms with Crippen molar-refractivity contribution in [2.24, 2.45) is 5.73 Å². The molecular formula is C21H18ClFN6O2. The van der Waals surface area contributed by atoms with Gasteiger partial charge in [-0.15, -0.1) is 0 Å². The molecule has 10 heteroatoms. The van der Waals surface area contributed by atoms with Crippen LogP contribution in [0, 0.1) is 12.7 Å². The molecule has 0 saturated heterocycles. The van der Waals surface area contributed by atoms with Gasteiger partial charge in [-0.05, 0) is 48.9 Å². The first kappa shape index (κ1) is 21.7. The number of hydrogen-bond donors (Lipinski definition) is 4. The Kier molecular flexibility index (Phi) is 6.46. The lowest BCUT2D eigenvalue weighted by Gasteiger charge is -2.14. The molecule has 0 aliphatic heterocycles. The molecule has 0 unspecified atom stereocenters. The van der Waals surface area contributed by atoms with Gasteiger partial charge in [0, 0.05) is 11.3 Å². The van der Waals surface area contributed by atoms with Gasteiger partial charge in [0.2, 0.25) is 17.8 Å². The topological polar surface area (TPSA) is 122 Å². The van der Waals surface area contributed by atoms with Crippen LogP contribution in [0.4, 0.5) is 33.2 Å². The molecule has 0 aliphatic rings. The number of halogens is 2. The highest BCUT2D eigenvalue weighted by Gasteiger charge is 2.12. The summed E-state index contributed by atoms with van der Waals surface area (Å²) in [7, 11) is 0. The third-order valence-electron chi connectivity index (χ3n) is 4.19. The first-order valence-corrected chi connectivity index (χ1v) is 9.34. The van der Waals surface area contributed by atoms with Gasteiger partial charge in [-0.25, -0.2) is 9.37 Å². The zero-order valence-corrected chi connectivity index (χ0v) is 17.1. The predicted octanol–water partition coefficient (Wildman–Crippen LogP) is 4.29. The number of hydrogen-bond acceptors (Lipinski definition) is 6. The van der Waals surface area contributed by atoms with Crippen LogP contribution < -0.4 is 21.7 Å². The van der Waals surface area contributed by atoms with Crippen LogP contribution in [0.2, 0.25) is 5.02 Å². The molecule has 31 heavy (non-hydrogen) atoms. The summed E-state index contributed by atoms with van der Waals surface area (Å²) in [5, 5.41) is 8.68. The van der Waals surface area contributed by atoms with E-state index in [1.807, 2.05) is 6.92 Å². The van der Waals surface area contributed by atoms with E-state index in [-0.39, 0.29) is 22.5 Å². The van der Waals surface area contributed by atoms with Crippen molar-refractivity contribution in [3.63, 3.8) is 0 Å². The van der Waals surface area contributed by atoms with Crippen LogP contribution in [0.3, 0.4) is 0 Å². The Labute approximate surface area is 182 Å². The third-order valence-corrected chi connectivity index (χ3v) is 4.47. The number of carbonyl (C=O) groups excluding carboxylic acids is 2. The van der Waals surface area contributed by atoms with E-state index >= 15 is 0 Å². The van der Waals surface area contributed by atoms with E-state index in [4.69, 9.17) is 17.3 Å². The molecule has 8 nitrogen and oxygen atoms in total. The average molecular weight is 441 g/mol. The van der Waals surface area contributed by atoms with E-state index in [1.54, 1.807) is 18.2 Å². The minimum absolute atomic E-state index is 0.180. The number of nitrogens with one attached hydrogen (secondary N) is 3. The molecule has 5 N–H and O–H groups in total. The maximum Gasteiger partial charge on any atom is 0.248 e. The van der Waals surface area contributed by atoms with Crippen molar-refractivity contribution in [2.45, 2.75) is 6.92 Å². The number of aryl methyl sites for hydroxylation is 1. The quantitative estimate of drug-likeness (QED) is 0.406. The van der Waals surface area contributed by atoms with Gasteiger partial charge >= 0.3 is 0 Å². The van der Waals surface area contributed by atoms with Crippen LogP contribution in [0.1, 0.15) is 15.9 Å². The SMILES string of the molecule is C=CC(=O)Nc1cc(F)ccc1Nc1nc(Nc2cc(C(N)=O)ccc2C)ncc1Cl. The van der Waals surface area contributed by atoms with Crippen molar-refractivity contribution in [3.05, 3.63) is 77.2 Å². The summed E-state index contributed by atoms with van der Waals surface area (Å²) < 4.78 is 13.7. The standard InChI is InChI=1S/C21H18ClFN6O2/c1-3-18(30)26-17-9-13(23)6-7-15(17)27-20-14(22)10-25-21(29-20)28-16-8-12(19(24)31)5-4-11(16)2/h3-10H,1H2,2H3,(H2,24,31)(H,26,30)(H2,25,27,28,29). The van der Waals surface area contributed by atoms with Crippen LogP contribution in [0.5, 0.6) is 0 Å². The molecule has 1 heterocycles. The lowest BCUT2D eigenvalue weighted by Crippen LogP contribution is -2.12. The Morgan fingerprint density at radius 2 is 1.90 bits per heavy atom. The monoisotopic (exact) mass is 440 g/mol. The summed E-state index contributed by atoms with van der Waals surface area (Å²) in [5.41, 5.74) is 7.63. The maximum atomic E-state index is 13.7. The zero-order chi connectivity index (χ0) is 22.5. The molecule has 0 radical (unpaired) electrons. The van der Waals surface area contributed by atoms with E-state index in [9.17, 15) is 14.0 Å². The molecule has 0 saturated carbocycles. The highest BCUT2D eigenvalue weighted by Crippen LogP contribution is 2.30. The summed E-state index contributed by atoms with van der Waals surface area (Å²) >= 11 is 6.21. The fourth-order valence-electron chi connectivity index (χ4n) is 2.59. The average Bonchev–Trinajstić information content (AvgIpc) is 2.73. The number of amides is 2. The Hall–Kier alpha value is -3.98. The van der Waals surface area contributed by atoms with E-state index in [0.717, 1.165) is 17.7 Å². The zero-order valence-electron chi connectivity index (χ0n) is 16.4. The Morgan fingerprint density at radius 3 is 2.61 bits per heavy atom. The molecule has 2 amide bonds. The van der Waals surface area contributed by atoms with Crippen molar-refractivity contribution in [1.82, 2.24) is 9.97 Å². The smallest absolute Gasteiger partial charge is 0.248 e. The van der Waals surface area contributed by atoms with Gasteiger partial charge in [-0.1, -0.05) is 24.2 Å². The number of benzene rings is 2. The molecule has 0 aliphatic carbocycles. The Morgan fingerprint density at radius 1 is 1.13 bits per heavy atom. The Bertz CT molecular complexity index is 1180. The second-order valence-electron chi connectivity index (χ2n) is 6.42. The Balaban J connectivity index is 1.91. The van der Waals surface area contributed by atoms with Gasteiger partial charge in [0.15, 0.2) is 5.82 Å². The fourth-order valence-corrected chi connectivity index (χ4v) is 2.72. The van der Waals surface area contributed by atoms with Crippen LogP contribution in [-0.2, 0) is 4.79 Å². The summed E-state index contributed by atoms with van der Waals surface area (Å²) in [6.07, 6.45) is 2.44. The van der Waals surface area contributed by atoms with E-state index in [2.05, 4.69) is 32.5 Å². The van der Waals surface area contributed by atoms with Gasteiger partial charge in [0.1, 0.15) is 10.8 Å². The van der Waals surface area contributed by atoms with Crippen molar-refractivity contribution >= 4 is 52.2 Å². The molecule has 0 bridgehead atoms. The molecule has 2 aromatic carbocycles. The van der Waals surface area contributed by atoms with Crippen LogP contribution in [-0.4, -0.2) is 21.8 Å². The molecule has 0 spiro atoms. The number of primary amides is 1. The van der Waals surface area contributed by atoms with Crippen molar-refractivity contribution in [3.8, 4) is 0 Å². The summed E-state index contributed by atoms with van der Waals surface area (Å²) in [6, 6.07) is 8.75. The highest BCUT2D eigenvalue weighted by molar-refractivity contribution is 6.33.